The fourth-order valence-corrected chi connectivity index (χ4v) is 3.42. The standard InChI is InChI=1S/C24H20N2O2/c1-2-26-23-11-7-6-10-21(23)22-15-18(12-13-24(22)26)14-20(16-27)28-17-25-19-8-4-3-5-9-19/h3-17H,2H2,1H3/b20-14+,25-17?. The van der Waals surface area contributed by atoms with Crippen LogP contribution in [0, 0.1) is 0 Å². The molecule has 1 heterocycles. The van der Waals surface area contributed by atoms with E-state index in [1.165, 1.54) is 22.8 Å². The first-order chi connectivity index (χ1) is 13.8. The van der Waals surface area contributed by atoms with Gasteiger partial charge in [-0.2, -0.15) is 0 Å². The number of carbonyl (C=O) groups excluding carboxylic acids is 1. The van der Waals surface area contributed by atoms with Crippen LogP contribution in [-0.2, 0) is 16.1 Å². The van der Waals surface area contributed by atoms with E-state index in [1.54, 1.807) is 6.08 Å². The number of fused-ring (bicyclic) bond motifs is 3. The van der Waals surface area contributed by atoms with Crippen molar-refractivity contribution < 1.29 is 9.53 Å². The predicted molar refractivity (Wildman–Crippen MR) is 115 cm³/mol. The van der Waals surface area contributed by atoms with Gasteiger partial charge in [0.2, 0.25) is 0 Å². The number of aliphatic imine (C=N–C) groups is 1. The molecule has 0 saturated heterocycles. The van der Waals surface area contributed by atoms with Crippen LogP contribution >= 0.6 is 0 Å². The number of rotatable bonds is 6. The summed E-state index contributed by atoms with van der Waals surface area (Å²) in [7, 11) is 0. The molecule has 0 saturated carbocycles. The average molecular weight is 368 g/mol. The number of benzene rings is 3. The van der Waals surface area contributed by atoms with Gasteiger partial charge in [-0.25, -0.2) is 4.99 Å². The van der Waals surface area contributed by atoms with Crippen LogP contribution in [0.5, 0.6) is 0 Å². The summed E-state index contributed by atoms with van der Waals surface area (Å²) in [6, 6.07) is 24.0. The molecule has 0 amide bonds. The summed E-state index contributed by atoms with van der Waals surface area (Å²) in [6.45, 7) is 3.04. The summed E-state index contributed by atoms with van der Waals surface area (Å²) in [5.41, 5.74) is 4.06. The maximum absolute atomic E-state index is 11.4. The number of carbonyl (C=O) groups is 1. The molecule has 3 aromatic carbocycles. The van der Waals surface area contributed by atoms with Gasteiger partial charge in [0.25, 0.3) is 0 Å². The molecule has 4 nitrogen and oxygen atoms in total. The molecular weight excluding hydrogens is 348 g/mol. The number of allylic oxidation sites excluding steroid dienone is 1. The van der Waals surface area contributed by atoms with E-state index in [9.17, 15) is 4.79 Å². The van der Waals surface area contributed by atoms with E-state index in [1.807, 2.05) is 42.5 Å². The van der Waals surface area contributed by atoms with E-state index in [4.69, 9.17) is 4.74 Å². The number of aromatic nitrogens is 1. The summed E-state index contributed by atoms with van der Waals surface area (Å²) in [6.07, 6.45) is 3.70. The van der Waals surface area contributed by atoms with Crippen LogP contribution in [-0.4, -0.2) is 17.3 Å². The molecule has 1 aromatic heterocycles. The van der Waals surface area contributed by atoms with Crippen molar-refractivity contribution in [1.29, 1.82) is 0 Å². The number of hydrogen-bond donors (Lipinski definition) is 0. The zero-order chi connectivity index (χ0) is 19.3. The highest BCUT2D eigenvalue weighted by Gasteiger charge is 2.09. The van der Waals surface area contributed by atoms with Crippen molar-refractivity contribution in [2.45, 2.75) is 13.5 Å². The Kier molecular flexibility index (Phi) is 5.02. The minimum Gasteiger partial charge on any atom is -0.442 e. The predicted octanol–water partition coefficient (Wildman–Crippen LogP) is 5.73. The van der Waals surface area contributed by atoms with Gasteiger partial charge in [0, 0.05) is 28.4 Å². The van der Waals surface area contributed by atoms with Crippen LogP contribution in [0.15, 0.2) is 83.5 Å². The minimum absolute atomic E-state index is 0.207. The van der Waals surface area contributed by atoms with Crippen molar-refractivity contribution in [2.24, 2.45) is 4.99 Å². The molecule has 4 heteroatoms. The van der Waals surface area contributed by atoms with Crippen LogP contribution in [0.1, 0.15) is 12.5 Å². The summed E-state index contributed by atoms with van der Waals surface area (Å²) in [5, 5.41) is 2.36. The van der Waals surface area contributed by atoms with Crippen molar-refractivity contribution in [3.8, 4) is 0 Å². The lowest BCUT2D eigenvalue weighted by molar-refractivity contribution is -0.106. The molecule has 0 unspecified atom stereocenters. The normalized spacial score (nSPS) is 12.1. The van der Waals surface area contributed by atoms with Gasteiger partial charge in [0.1, 0.15) is 0 Å². The third-order valence-electron chi connectivity index (χ3n) is 4.68. The third-order valence-corrected chi connectivity index (χ3v) is 4.68. The van der Waals surface area contributed by atoms with Gasteiger partial charge in [0.15, 0.2) is 18.4 Å². The first kappa shape index (κ1) is 17.7. The molecule has 4 aromatic rings. The van der Waals surface area contributed by atoms with Crippen LogP contribution in [0.25, 0.3) is 27.9 Å². The van der Waals surface area contributed by atoms with Crippen molar-refractivity contribution in [3.63, 3.8) is 0 Å². The summed E-state index contributed by atoms with van der Waals surface area (Å²) >= 11 is 0. The Morgan fingerprint density at radius 2 is 1.71 bits per heavy atom. The second-order valence-electron chi connectivity index (χ2n) is 6.39. The van der Waals surface area contributed by atoms with Crippen molar-refractivity contribution in [1.82, 2.24) is 4.57 Å². The highest BCUT2D eigenvalue weighted by molar-refractivity contribution is 6.08. The molecule has 28 heavy (non-hydrogen) atoms. The smallest absolute Gasteiger partial charge is 0.185 e. The fourth-order valence-electron chi connectivity index (χ4n) is 3.42. The molecule has 0 atom stereocenters. The van der Waals surface area contributed by atoms with E-state index in [-0.39, 0.29) is 5.76 Å². The number of ether oxygens (including phenoxy) is 1. The molecule has 0 aliphatic carbocycles. The van der Waals surface area contributed by atoms with E-state index in [2.05, 4.69) is 46.8 Å². The van der Waals surface area contributed by atoms with Gasteiger partial charge in [-0.3, -0.25) is 4.79 Å². The summed E-state index contributed by atoms with van der Waals surface area (Å²) < 4.78 is 7.71. The monoisotopic (exact) mass is 368 g/mol. The molecule has 138 valence electrons. The molecule has 4 rings (SSSR count). The summed E-state index contributed by atoms with van der Waals surface area (Å²) in [5.74, 6) is 0.207. The molecular formula is C24H20N2O2. The maximum atomic E-state index is 11.4. The van der Waals surface area contributed by atoms with Gasteiger partial charge >= 0.3 is 0 Å². The summed E-state index contributed by atoms with van der Waals surface area (Å²) in [4.78, 5) is 15.6. The molecule has 0 radical (unpaired) electrons. The van der Waals surface area contributed by atoms with Gasteiger partial charge in [-0.1, -0.05) is 42.5 Å². The third kappa shape index (κ3) is 3.45. The lowest BCUT2D eigenvalue weighted by Gasteiger charge is -2.03. The number of para-hydroxylation sites is 2. The van der Waals surface area contributed by atoms with Crippen LogP contribution in [0.3, 0.4) is 0 Å². The first-order valence-corrected chi connectivity index (χ1v) is 9.22. The van der Waals surface area contributed by atoms with Crippen molar-refractivity contribution in [3.05, 3.63) is 84.1 Å². The van der Waals surface area contributed by atoms with E-state index in [0.717, 1.165) is 23.2 Å². The van der Waals surface area contributed by atoms with E-state index in [0.29, 0.717) is 6.29 Å². The number of hydrogen-bond acceptors (Lipinski definition) is 3. The van der Waals surface area contributed by atoms with E-state index >= 15 is 0 Å². The average Bonchev–Trinajstić information content (AvgIpc) is 3.07. The Balaban J connectivity index is 1.67. The van der Waals surface area contributed by atoms with Gasteiger partial charge in [-0.15, -0.1) is 0 Å². The zero-order valence-corrected chi connectivity index (χ0v) is 15.6. The number of aldehydes is 1. The maximum Gasteiger partial charge on any atom is 0.185 e. The molecule has 0 spiro atoms. The lowest BCUT2D eigenvalue weighted by atomic mass is 10.1. The second-order valence-corrected chi connectivity index (χ2v) is 6.39. The SMILES string of the molecule is CCn1c2ccccc2c2cc(/C=C(\C=O)OC=Nc3ccccc3)ccc21. The molecule has 0 aliphatic heterocycles. The Morgan fingerprint density at radius 3 is 2.50 bits per heavy atom. The van der Waals surface area contributed by atoms with Crippen molar-refractivity contribution >= 4 is 46.3 Å². The van der Waals surface area contributed by atoms with E-state index < -0.39 is 0 Å². The fraction of sp³-hybridized carbons (Fsp3) is 0.0833. The van der Waals surface area contributed by atoms with Crippen LogP contribution in [0.2, 0.25) is 0 Å². The van der Waals surface area contributed by atoms with Crippen LogP contribution < -0.4 is 0 Å². The molecule has 0 fully saturated rings. The number of aryl methyl sites for hydroxylation is 1. The van der Waals surface area contributed by atoms with Gasteiger partial charge in [-0.05, 0) is 48.9 Å². The Bertz CT molecular complexity index is 1190. The number of nitrogens with zero attached hydrogens (tertiary/aromatic N) is 2. The highest BCUT2D eigenvalue weighted by Crippen LogP contribution is 2.30. The Labute approximate surface area is 163 Å². The lowest BCUT2D eigenvalue weighted by Crippen LogP contribution is -1.93. The molecule has 0 N–H and O–H groups in total. The largest absolute Gasteiger partial charge is 0.442 e. The van der Waals surface area contributed by atoms with Crippen molar-refractivity contribution in [2.75, 3.05) is 0 Å². The molecule has 0 bridgehead atoms. The zero-order valence-electron chi connectivity index (χ0n) is 15.6. The Hall–Kier alpha value is -3.66. The quantitative estimate of drug-likeness (QED) is 0.143. The highest BCUT2D eigenvalue weighted by atomic mass is 16.5. The molecule has 0 aliphatic rings. The van der Waals surface area contributed by atoms with Crippen LogP contribution in [0.4, 0.5) is 5.69 Å². The first-order valence-electron chi connectivity index (χ1n) is 9.22. The van der Waals surface area contributed by atoms with Gasteiger partial charge in [0.05, 0.1) is 5.69 Å². The van der Waals surface area contributed by atoms with Gasteiger partial charge < -0.3 is 9.30 Å². The Morgan fingerprint density at radius 1 is 0.964 bits per heavy atom. The second kappa shape index (κ2) is 7.92. The topological polar surface area (TPSA) is 43.6 Å². The minimum atomic E-state index is 0.207.